The molecular weight excluding hydrogens is 272 g/mol. The van der Waals surface area contributed by atoms with E-state index in [9.17, 15) is 8.42 Å². The van der Waals surface area contributed by atoms with E-state index in [1.807, 2.05) is 19.9 Å². The summed E-state index contributed by atoms with van der Waals surface area (Å²) in [5.74, 6) is 0. The number of sulfonamides is 1. The molecule has 0 radical (unpaired) electrons. The molecule has 0 bridgehead atoms. The standard InChI is InChI=1S/C11H14N2O3S2/c1-11(2)8-16-6-5-13(11)18(14,15)10-4-3-9(7-12)17-10/h3-4H,5-6,8H2,1-2H3. The van der Waals surface area contributed by atoms with Crippen LogP contribution < -0.4 is 0 Å². The van der Waals surface area contributed by atoms with E-state index in [1.54, 1.807) is 0 Å². The fourth-order valence-electron chi connectivity index (χ4n) is 1.92. The summed E-state index contributed by atoms with van der Waals surface area (Å²) in [5, 5.41) is 8.76. The molecule has 7 heteroatoms. The lowest BCUT2D eigenvalue weighted by Gasteiger charge is -2.40. The van der Waals surface area contributed by atoms with Crippen LogP contribution in [0.2, 0.25) is 0 Å². The van der Waals surface area contributed by atoms with Crippen molar-refractivity contribution in [3.05, 3.63) is 17.0 Å². The quantitative estimate of drug-likeness (QED) is 0.824. The second kappa shape index (κ2) is 4.63. The van der Waals surface area contributed by atoms with E-state index in [-0.39, 0.29) is 4.21 Å². The van der Waals surface area contributed by atoms with Crippen LogP contribution in [-0.4, -0.2) is 38.0 Å². The summed E-state index contributed by atoms with van der Waals surface area (Å²) in [6.45, 7) is 4.79. The summed E-state index contributed by atoms with van der Waals surface area (Å²) in [5.41, 5.74) is -0.562. The molecule has 98 valence electrons. The smallest absolute Gasteiger partial charge is 0.253 e. The van der Waals surface area contributed by atoms with Gasteiger partial charge >= 0.3 is 0 Å². The molecule has 1 aliphatic heterocycles. The van der Waals surface area contributed by atoms with Gasteiger partial charge in [0.2, 0.25) is 0 Å². The zero-order chi connectivity index (χ0) is 13.4. The van der Waals surface area contributed by atoms with Gasteiger partial charge in [-0.15, -0.1) is 11.3 Å². The van der Waals surface area contributed by atoms with Crippen molar-refractivity contribution in [1.82, 2.24) is 4.31 Å². The molecule has 0 unspecified atom stereocenters. The van der Waals surface area contributed by atoms with Gasteiger partial charge in [0.15, 0.2) is 0 Å². The number of hydrogen-bond acceptors (Lipinski definition) is 5. The zero-order valence-electron chi connectivity index (χ0n) is 10.2. The average molecular weight is 286 g/mol. The molecule has 0 aliphatic carbocycles. The molecular formula is C11H14N2O3S2. The molecule has 0 aromatic carbocycles. The maximum Gasteiger partial charge on any atom is 0.253 e. The maximum atomic E-state index is 12.5. The Morgan fingerprint density at radius 2 is 2.22 bits per heavy atom. The third kappa shape index (κ3) is 2.29. The van der Waals surface area contributed by atoms with Crippen molar-refractivity contribution in [1.29, 1.82) is 5.26 Å². The topological polar surface area (TPSA) is 70.4 Å². The molecule has 1 fully saturated rings. The molecule has 2 rings (SSSR count). The zero-order valence-corrected chi connectivity index (χ0v) is 11.8. The molecule has 0 N–H and O–H groups in total. The van der Waals surface area contributed by atoms with E-state index in [0.29, 0.717) is 24.6 Å². The van der Waals surface area contributed by atoms with Gasteiger partial charge < -0.3 is 4.74 Å². The molecule has 0 atom stereocenters. The first-order valence-corrected chi connectivity index (χ1v) is 7.74. The van der Waals surface area contributed by atoms with Gasteiger partial charge in [-0.05, 0) is 26.0 Å². The first-order chi connectivity index (χ1) is 8.38. The molecule has 1 aliphatic rings. The summed E-state index contributed by atoms with van der Waals surface area (Å²) in [7, 11) is -3.54. The van der Waals surface area contributed by atoms with Crippen LogP contribution in [0.1, 0.15) is 18.7 Å². The monoisotopic (exact) mass is 286 g/mol. The third-order valence-electron chi connectivity index (χ3n) is 2.81. The van der Waals surface area contributed by atoms with Gasteiger partial charge in [-0.2, -0.15) is 9.57 Å². The Balaban J connectivity index is 2.39. The van der Waals surface area contributed by atoms with Crippen molar-refractivity contribution in [2.45, 2.75) is 23.6 Å². The summed E-state index contributed by atoms with van der Waals surface area (Å²) in [6.07, 6.45) is 0. The molecule has 5 nitrogen and oxygen atoms in total. The Morgan fingerprint density at radius 3 is 2.78 bits per heavy atom. The number of morpholine rings is 1. The number of thiophene rings is 1. The third-order valence-corrected chi connectivity index (χ3v) is 6.37. The Labute approximate surface area is 111 Å². The van der Waals surface area contributed by atoms with Gasteiger partial charge in [0, 0.05) is 6.54 Å². The van der Waals surface area contributed by atoms with Crippen LogP contribution in [-0.2, 0) is 14.8 Å². The molecule has 1 aromatic rings. The van der Waals surface area contributed by atoms with E-state index in [0.717, 1.165) is 11.3 Å². The SMILES string of the molecule is CC1(C)COCCN1S(=O)(=O)c1ccc(C#N)s1. The predicted octanol–water partition coefficient (Wildman–Crippen LogP) is 1.42. The van der Waals surface area contributed by atoms with Crippen molar-refractivity contribution < 1.29 is 13.2 Å². The Morgan fingerprint density at radius 1 is 1.50 bits per heavy atom. The van der Waals surface area contributed by atoms with Crippen molar-refractivity contribution >= 4 is 21.4 Å². The second-order valence-corrected chi connectivity index (χ2v) is 7.85. The van der Waals surface area contributed by atoms with E-state index in [2.05, 4.69) is 0 Å². The maximum absolute atomic E-state index is 12.5. The normalized spacial score (nSPS) is 20.5. The Bertz CT molecular complexity index is 584. The van der Waals surface area contributed by atoms with Crippen LogP contribution >= 0.6 is 11.3 Å². The largest absolute Gasteiger partial charge is 0.378 e. The summed E-state index contributed by atoms with van der Waals surface area (Å²) < 4.78 is 32.0. The van der Waals surface area contributed by atoms with Crippen LogP contribution in [0.15, 0.2) is 16.3 Å². The van der Waals surface area contributed by atoms with E-state index < -0.39 is 15.6 Å². The van der Waals surface area contributed by atoms with Crippen molar-refractivity contribution in [3.8, 4) is 6.07 Å². The lowest BCUT2D eigenvalue weighted by molar-refractivity contribution is -0.00761. The lowest BCUT2D eigenvalue weighted by atomic mass is 10.1. The summed E-state index contributed by atoms with van der Waals surface area (Å²) in [6, 6.07) is 4.98. The van der Waals surface area contributed by atoms with Crippen LogP contribution in [0.3, 0.4) is 0 Å². The molecule has 0 amide bonds. The fraction of sp³-hybridized carbons (Fsp3) is 0.545. The van der Waals surface area contributed by atoms with E-state index in [4.69, 9.17) is 10.00 Å². The molecule has 18 heavy (non-hydrogen) atoms. The average Bonchev–Trinajstić information content (AvgIpc) is 2.77. The van der Waals surface area contributed by atoms with Crippen LogP contribution in [0.25, 0.3) is 0 Å². The molecule has 0 spiro atoms. The number of nitriles is 1. The highest BCUT2D eigenvalue weighted by Gasteiger charge is 2.40. The first kappa shape index (κ1) is 13.5. The number of rotatable bonds is 2. The number of nitrogens with zero attached hydrogens (tertiary/aromatic N) is 2. The van der Waals surface area contributed by atoms with Crippen LogP contribution in [0.4, 0.5) is 0 Å². The van der Waals surface area contributed by atoms with Gasteiger partial charge in [-0.25, -0.2) is 8.42 Å². The van der Waals surface area contributed by atoms with Crippen LogP contribution in [0.5, 0.6) is 0 Å². The highest BCUT2D eigenvalue weighted by atomic mass is 32.2. The van der Waals surface area contributed by atoms with Gasteiger partial charge in [0.1, 0.15) is 15.2 Å². The van der Waals surface area contributed by atoms with E-state index in [1.165, 1.54) is 16.4 Å². The predicted molar refractivity (Wildman–Crippen MR) is 67.8 cm³/mol. The van der Waals surface area contributed by atoms with Gasteiger partial charge in [0.25, 0.3) is 10.0 Å². The molecule has 0 saturated carbocycles. The van der Waals surface area contributed by atoms with Crippen molar-refractivity contribution in [2.24, 2.45) is 0 Å². The molecule has 1 saturated heterocycles. The van der Waals surface area contributed by atoms with Crippen molar-refractivity contribution in [3.63, 3.8) is 0 Å². The molecule has 1 aromatic heterocycles. The van der Waals surface area contributed by atoms with Gasteiger partial charge in [0.05, 0.1) is 18.8 Å². The highest BCUT2D eigenvalue weighted by molar-refractivity contribution is 7.91. The van der Waals surface area contributed by atoms with E-state index >= 15 is 0 Å². The first-order valence-electron chi connectivity index (χ1n) is 5.48. The summed E-state index contributed by atoms with van der Waals surface area (Å²) >= 11 is 1.00. The minimum atomic E-state index is -3.54. The highest BCUT2D eigenvalue weighted by Crippen LogP contribution is 2.30. The molecule has 2 heterocycles. The van der Waals surface area contributed by atoms with Crippen LogP contribution in [0, 0.1) is 11.3 Å². The van der Waals surface area contributed by atoms with Gasteiger partial charge in [-0.3, -0.25) is 0 Å². The minimum Gasteiger partial charge on any atom is -0.378 e. The number of hydrogen-bond donors (Lipinski definition) is 0. The minimum absolute atomic E-state index is 0.217. The number of ether oxygens (including phenoxy) is 1. The Hall–Kier alpha value is -0.940. The van der Waals surface area contributed by atoms with Gasteiger partial charge in [-0.1, -0.05) is 0 Å². The summed E-state index contributed by atoms with van der Waals surface area (Å²) in [4.78, 5) is 0.402. The lowest BCUT2D eigenvalue weighted by Crippen LogP contribution is -2.55. The van der Waals surface area contributed by atoms with Crippen molar-refractivity contribution in [2.75, 3.05) is 19.8 Å². The Kier molecular flexibility index (Phi) is 3.47. The fourth-order valence-corrected chi connectivity index (χ4v) is 4.89. The second-order valence-electron chi connectivity index (χ2n) is 4.67.